The molecule has 6 heteroatoms. The lowest BCUT2D eigenvalue weighted by atomic mass is 10.1. The van der Waals surface area contributed by atoms with Gasteiger partial charge in [0, 0.05) is 11.8 Å². The molecule has 0 radical (unpaired) electrons. The SMILES string of the molecule is COc1cccc(NC(=O)CN2C(=O)CC(c3ccccc3)=Nc3ccccc32)c1. The minimum Gasteiger partial charge on any atom is -0.497 e. The molecule has 6 nitrogen and oxygen atoms in total. The number of anilines is 2. The summed E-state index contributed by atoms with van der Waals surface area (Å²) >= 11 is 0. The summed E-state index contributed by atoms with van der Waals surface area (Å²) in [7, 11) is 1.57. The van der Waals surface area contributed by atoms with Crippen molar-refractivity contribution in [2.24, 2.45) is 4.99 Å². The molecule has 3 aromatic carbocycles. The highest BCUT2D eigenvalue weighted by Gasteiger charge is 2.26. The normalized spacial score (nSPS) is 13.2. The summed E-state index contributed by atoms with van der Waals surface area (Å²) in [5, 5.41) is 2.83. The monoisotopic (exact) mass is 399 g/mol. The lowest BCUT2D eigenvalue weighted by molar-refractivity contribution is -0.120. The third-order valence-electron chi connectivity index (χ3n) is 4.81. The molecule has 0 unspecified atom stereocenters. The molecule has 0 aromatic heterocycles. The number of carbonyl (C=O) groups is 2. The second kappa shape index (κ2) is 8.61. The van der Waals surface area contributed by atoms with Crippen LogP contribution in [0.25, 0.3) is 0 Å². The molecule has 0 spiro atoms. The van der Waals surface area contributed by atoms with Gasteiger partial charge in [0.15, 0.2) is 0 Å². The Morgan fingerprint density at radius 2 is 1.80 bits per heavy atom. The Labute approximate surface area is 174 Å². The zero-order valence-corrected chi connectivity index (χ0v) is 16.5. The fourth-order valence-electron chi connectivity index (χ4n) is 3.36. The number of ether oxygens (including phenoxy) is 1. The highest BCUT2D eigenvalue weighted by atomic mass is 16.5. The Hall–Kier alpha value is -3.93. The molecule has 1 heterocycles. The second-order valence-corrected chi connectivity index (χ2v) is 6.85. The Bertz CT molecular complexity index is 1110. The van der Waals surface area contributed by atoms with E-state index >= 15 is 0 Å². The first-order valence-corrected chi connectivity index (χ1v) is 9.60. The van der Waals surface area contributed by atoms with Crippen molar-refractivity contribution in [1.82, 2.24) is 0 Å². The summed E-state index contributed by atoms with van der Waals surface area (Å²) in [6, 6.07) is 24.1. The van der Waals surface area contributed by atoms with Crippen LogP contribution in [0.15, 0.2) is 83.9 Å². The Morgan fingerprint density at radius 1 is 1.03 bits per heavy atom. The molecule has 0 atom stereocenters. The van der Waals surface area contributed by atoms with Crippen molar-refractivity contribution in [3.63, 3.8) is 0 Å². The van der Waals surface area contributed by atoms with E-state index in [0.717, 1.165) is 5.56 Å². The van der Waals surface area contributed by atoms with Gasteiger partial charge in [-0.3, -0.25) is 14.6 Å². The van der Waals surface area contributed by atoms with Gasteiger partial charge in [-0.1, -0.05) is 48.5 Å². The molecule has 0 fully saturated rings. The number of nitrogens with one attached hydrogen (secondary N) is 1. The number of fused-ring (bicyclic) bond motifs is 1. The van der Waals surface area contributed by atoms with Gasteiger partial charge in [0.2, 0.25) is 11.8 Å². The largest absolute Gasteiger partial charge is 0.497 e. The molecule has 1 aliphatic heterocycles. The quantitative estimate of drug-likeness (QED) is 0.699. The smallest absolute Gasteiger partial charge is 0.244 e. The number of benzene rings is 3. The molecule has 30 heavy (non-hydrogen) atoms. The third kappa shape index (κ3) is 4.22. The molecule has 1 aliphatic rings. The average Bonchev–Trinajstić information content (AvgIpc) is 2.91. The first kappa shape index (κ1) is 19.4. The van der Waals surface area contributed by atoms with Gasteiger partial charge in [-0.25, -0.2) is 0 Å². The predicted molar refractivity (Wildman–Crippen MR) is 118 cm³/mol. The minimum atomic E-state index is -0.297. The van der Waals surface area contributed by atoms with Crippen molar-refractivity contribution in [2.75, 3.05) is 23.9 Å². The van der Waals surface area contributed by atoms with E-state index in [1.807, 2.05) is 54.6 Å². The van der Waals surface area contributed by atoms with Gasteiger partial charge in [0.25, 0.3) is 0 Å². The van der Waals surface area contributed by atoms with Crippen LogP contribution in [0.4, 0.5) is 17.1 Å². The van der Waals surface area contributed by atoms with Crippen LogP contribution < -0.4 is 15.0 Å². The fourth-order valence-corrected chi connectivity index (χ4v) is 3.36. The number of methoxy groups -OCH3 is 1. The van der Waals surface area contributed by atoms with E-state index in [-0.39, 0.29) is 24.8 Å². The van der Waals surface area contributed by atoms with Crippen LogP contribution in [-0.2, 0) is 9.59 Å². The zero-order chi connectivity index (χ0) is 20.9. The van der Waals surface area contributed by atoms with Crippen LogP contribution in [0.5, 0.6) is 5.75 Å². The van der Waals surface area contributed by atoms with E-state index in [1.165, 1.54) is 4.90 Å². The summed E-state index contributed by atoms with van der Waals surface area (Å²) in [5.41, 5.74) is 3.47. The number of hydrogen-bond donors (Lipinski definition) is 1. The molecule has 0 bridgehead atoms. The highest BCUT2D eigenvalue weighted by Crippen LogP contribution is 2.32. The van der Waals surface area contributed by atoms with E-state index in [0.29, 0.717) is 28.5 Å². The second-order valence-electron chi connectivity index (χ2n) is 6.85. The number of rotatable bonds is 5. The van der Waals surface area contributed by atoms with Gasteiger partial charge in [-0.05, 0) is 29.8 Å². The maximum atomic E-state index is 13.1. The van der Waals surface area contributed by atoms with Crippen molar-refractivity contribution in [2.45, 2.75) is 6.42 Å². The van der Waals surface area contributed by atoms with Crippen molar-refractivity contribution in [1.29, 1.82) is 0 Å². The summed E-state index contributed by atoms with van der Waals surface area (Å²) in [4.78, 5) is 32.0. The number of carbonyl (C=O) groups excluding carboxylic acids is 2. The zero-order valence-electron chi connectivity index (χ0n) is 16.5. The van der Waals surface area contributed by atoms with Crippen molar-refractivity contribution < 1.29 is 14.3 Å². The molecule has 0 saturated heterocycles. The number of hydrogen-bond acceptors (Lipinski definition) is 4. The lowest BCUT2D eigenvalue weighted by Crippen LogP contribution is -2.38. The summed E-state index contributed by atoms with van der Waals surface area (Å²) in [5.74, 6) is 0.169. The summed E-state index contributed by atoms with van der Waals surface area (Å²) in [6.07, 6.45) is 0.116. The summed E-state index contributed by atoms with van der Waals surface area (Å²) < 4.78 is 5.19. The predicted octanol–water partition coefficient (Wildman–Crippen LogP) is 4.19. The molecule has 150 valence electrons. The first-order chi connectivity index (χ1) is 14.6. The van der Waals surface area contributed by atoms with Gasteiger partial charge in [-0.2, -0.15) is 0 Å². The molecule has 1 N–H and O–H groups in total. The summed E-state index contributed by atoms with van der Waals surface area (Å²) in [6.45, 7) is -0.107. The van der Waals surface area contributed by atoms with E-state index in [1.54, 1.807) is 31.4 Å². The highest BCUT2D eigenvalue weighted by molar-refractivity contribution is 6.18. The molecule has 2 amide bonds. The van der Waals surface area contributed by atoms with Crippen LogP contribution >= 0.6 is 0 Å². The first-order valence-electron chi connectivity index (χ1n) is 9.60. The third-order valence-corrected chi connectivity index (χ3v) is 4.81. The number of aliphatic imine (C=N–C) groups is 1. The van der Waals surface area contributed by atoms with E-state index in [4.69, 9.17) is 9.73 Å². The van der Waals surface area contributed by atoms with Gasteiger partial charge in [0.05, 0.1) is 30.6 Å². The molecule has 0 saturated carbocycles. The average molecular weight is 399 g/mol. The van der Waals surface area contributed by atoms with E-state index < -0.39 is 0 Å². The van der Waals surface area contributed by atoms with Gasteiger partial charge < -0.3 is 15.0 Å². The minimum absolute atomic E-state index is 0.107. The van der Waals surface area contributed by atoms with Crippen molar-refractivity contribution in [3.05, 3.63) is 84.4 Å². The topological polar surface area (TPSA) is 71.0 Å². The maximum Gasteiger partial charge on any atom is 0.244 e. The van der Waals surface area contributed by atoms with Gasteiger partial charge >= 0.3 is 0 Å². The van der Waals surface area contributed by atoms with Crippen LogP contribution in [-0.4, -0.2) is 31.2 Å². The fraction of sp³-hybridized carbons (Fsp3) is 0.125. The standard InChI is InChI=1S/C24H21N3O3/c1-30-19-11-7-10-18(14-19)25-23(28)16-27-22-13-6-5-12-20(22)26-21(15-24(27)29)17-8-3-2-4-9-17/h2-14H,15-16H2,1H3,(H,25,28). The van der Waals surface area contributed by atoms with E-state index in [2.05, 4.69) is 5.32 Å². The lowest BCUT2D eigenvalue weighted by Gasteiger charge is -2.22. The molecule has 0 aliphatic carbocycles. The number of nitrogens with zero attached hydrogens (tertiary/aromatic N) is 2. The van der Waals surface area contributed by atoms with E-state index in [9.17, 15) is 9.59 Å². The van der Waals surface area contributed by atoms with Crippen LogP contribution in [0, 0.1) is 0 Å². The Morgan fingerprint density at radius 3 is 2.60 bits per heavy atom. The van der Waals surface area contributed by atoms with Crippen LogP contribution in [0.1, 0.15) is 12.0 Å². The van der Waals surface area contributed by atoms with Crippen molar-refractivity contribution >= 4 is 34.6 Å². The van der Waals surface area contributed by atoms with Gasteiger partial charge in [-0.15, -0.1) is 0 Å². The maximum absolute atomic E-state index is 13.1. The van der Waals surface area contributed by atoms with Crippen molar-refractivity contribution in [3.8, 4) is 5.75 Å². The van der Waals surface area contributed by atoms with Crippen LogP contribution in [0.2, 0.25) is 0 Å². The number of para-hydroxylation sites is 2. The molecule has 4 rings (SSSR count). The Balaban J connectivity index is 1.59. The van der Waals surface area contributed by atoms with Gasteiger partial charge in [0.1, 0.15) is 12.3 Å². The molecular weight excluding hydrogens is 378 g/mol. The van der Waals surface area contributed by atoms with Crippen LogP contribution in [0.3, 0.4) is 0 Å². The molecular formula is C24H21N3O3. The molecule has 3 aromatic rings. The Kier molecular flexibility index (Phi) is 5.57. The number of amides is 2.